The molecule has 2 heterocycles. The number of aryl methyl sites for hydroxylation is 3. The van der Waals surface area contributed by atoms with E-state index in [-0.39, 0.29) is 5.91 Å². The van der Waals surface area contributed by atoms with E-state index < -0.39 is 0 Å². The summed E-state index contributed by atoms with van der Waals surface area (Å²) >= 11 is 0. The third-order valence-corrected chi connectivity index (χ3v) is 4.79. The first kappa shape index (κ1) is 18.7. The van der Waals surface area contributed by atoms with Crippen LogP contribution in [0.4, 0.5) is 5.69 Å². The molecule has 2 aromatic carbocycles. The van der Waals surface area contributed by atoms with Crippen molar-refractivity contribution in [2.24, 2.45) is 0 Å². The quantitative estimate of drug-likeness (QED) is 0.556. The molecule has 146 valence electrons. The molecule has 0 fully saturated rings. The minimum Gasteiger partial charge on any atom is -0.495 e. The number of methoxy groups -OCH3 is 1. The van der Waals surface area contributed by atoms with Gasteiger partial charge in [0.15, 0.2) is 5.65 Å². The van der Waals surface area contributed by atoms with Gasteiger partial charge in [-0.05, 0) is 56.7 Å². The number of pyridine rings is 1. The minimum absolute atomic E-state index is 0.222. The average Bonchev–Trinajstić information content (AvgIpc) is 3.04. The summed E-state index contributed by atoms with van der Waals surface area (Å²) in [5.74, 6) is 0.391. The molecule has 0 spiro atoms. The molecule has 0 aliphatic carbocycles. The molecule has 29 heavy (non-hydrogen) atoms. The first-order chi connectivity index (χ1) is 14.0. The number of carbonyl (C=O) groups excluding carboxylic acids is 1. The zero-order valence-corrected chi connectivity index (χ0v) is 16.9. The van der Waals surface area contributed by atoms with Crippen molar-refractivity contribution in [2.75, 3.05) is 12.4 Å². The van der Waals surface area contributed by atoms with Gasteiger partial charge in [0, 0.05) is 5.69 Å². The highest BCUT2D eigenvalue weighted by Crippen LogP contribution is 2.29. The lowest BCUT2D eigenvalue weighted by molar-refractivity contribution is 0.102. The van der Waals surface area contributed by atoms with Gasteiger partial charge in [-0.1, -0.05) is 24.3 Å². The van der Waals surface area contributed by atoms with Crippen molar-refractivity contribution in [3.05, 3.63) is 77.1 Å². The summed E-state index contributed by atoms with van der Waals surface area (Å²) in [6, 6.07) is 17.3. The van der Waals surface area contributed by atoms with Gasteiger partial charge in [0.1, 0.15) is 5.75 Å². The number of hydrogen-bond acceptors (Lipinski definition) is 4. The Bertz CT molecular complexity index is 1210. The van der Waals surface area contributed by atoms with Crippen molar-refractivity contribution in [3.63, 3.8) is 0 Å². The summed E-state index contributed by atoms with van der Waals surface area (Å²) in [4.78, 5) is 17.9. The maximum Gasteiger partial charge on any atom is 0.256 e. The van der Waals surface area contributed by atoms with Gasteiger partial charge in [-0.3, -0.25) is 4.79 Å². The fraction of sp³-hybridized carbons (Fsp3) is 0.174. The van der Waals surface area contributed by atoms with E-state index >= 15 is 0 Å². The Kier molecular flexibility index (Phi) is 4.76. The average molecular weight is 386 g/mol. The van der Waals surface area contributed by atoms with Crippen molar-refractivity contribution >= 4 is 22.6 Å². The second kappa shape index (κ2) is 7.39. The molecule has 0 aliphatic heterocycles. The first-order valence-corrected chi connectivity index (χ1v) is 9.36. The summed E-state index contributed by atoms with van der Waals surface area (Å²) in [7, 11) is 1.59. The molecule has 0 saturated carbocycles. The second-order valence-electron chi connectivity index (χ2n) is 7.00. The Balaban J connectivity index is 1.83. The lowest BCUT2D eigenvalue weighted by Crippen LogP contribution is -2.14. The van der Waals surface area contributed by atoms with Crippen LogP contribution < -0.4 is 10.1 Å². The number of benzene rings is 2. The molecule has 0 unspecified atom stereocenters. The number of nitrogens with zero attached hydrogens (tertiary/aromatic N) is 3. The minimum atomic E-state index is -0.222. The molecular formula is C23H22N4O2. The van der Waals surface area contributed by atoms with E-state index in [1.165, 1.54) is 0 Å². The lowest BCUT2D eigenvalue weighted by atomic mass is 10.1. The summed E-state index contributed by atoms with van der Waals surface area (Å²) in [6.07, 6.45) is 0. The van der Waals surface area contributed by atoms with Crippen LogP contribution in [0.2, 0.25) is 0 Å². The van der Waals surface area contributed by atoms with Crippen molar-refractivity contribution < 1.29 is 9.53 Å². The Hall–Kier alpha value is -3.67. The van der Waals surface area contributed by atoms with Crippen molar-refractivity contribution in [1.82, 2.24) is 14.8 Å². The van der Waals surface area contributed by atoms with Crippen LogP contribution in [0.5, 0.6) is 5.75 Å². The lowest BCUT2D eigenvalue weighted by Gasteiger charge is -2.12. The maximum atomic E-state index is 13.2. The number of aromatic nitrogens is 3. The van der Waals surface area contributed by atoms with Crippen LogP contribution in [0.15, 0.2) is 54.6 Å². The van der Waals surface area contributed by atoms with Gasteiger partial charge < -0.3 is 10.1 Å². The fourth-order valence-corrected chi connectivity index (χ4v) is 3.45. The van der Waals surface area contributed by atoms with Crippen molar-refractivity contribution in [3.8, 4) is 11.4 Å². The van der Waals surface area contributed by atoms with Gasteiger partial charge in [0.2, 0.25) is 0 Å². The number of rotatable bonds is 4. The molecular weight excluding hydrogens is 364 g/mol. The number of fused-ring (bicyclic) bond motifs is 1. The highest BCUT2D eigenvalue weighted by atomic mass is 16.5. The molecule has 1 N–H and O–H groups in total. The number of ether oxygens (including phenoxy) is 1. The topological polar surface area (TPSA) is 69.0 Å². The second-order valence-corrected chi connectivity index (χ2v) is 7.00. The predicted molar refractivity (Wildman–Crippen MR) is 114 cm³/mol. The molecule has 0 bridgehead atoms. The van der Waals surface area contributed by atoms with E-state index in [1.54, 1.807) is 17.9 Å². The molecule has 0 aliphatic rings. The van der Waals surface area contributed by atoms with Gasteiger partial charge in [-0.15, -0.1) is 0 Å². The smallest absolute Gasteiger partial charge is 0.256 e. The largest absolute Gasteiger partial charge is 0.495 e. The fourth-order valence-electron chi connectivity index (χ4n) is 3.45. The van der Waals surface area contributed by atoms with E-state index in [1.807, 2.05) is 69.3 Å². The monoisotopic (exact) mass is 386 g/mol. The Morgan fingerprint density at radius 2 is 1.79 bits per heavy atom. The van der Waals surface area contributed by atoms with Gasteiger partial charge in [0.25, 0.3) is 5.91 Å². The van der Waals surface area contributed by atoms with Crippen LogP contribution in [0.1, 0.15) is 27.3 Å². The summed E-state index contributed by atoms with van der Waals surface area (Å²) < 4.78 is 7.17. The van der Waals surface area contributed by atoms with Crippen LogP contribution >= 0.6 is 0 Å². The third-order valence-electron chi connectivity index (χ3n) is 4.79. The van der Waals surface area contributed by atoms with Crippen LogP contribution in [0.25, 0.3) is 16.7 Å². The van der Waals surface area contributed by atoms with E-state index in [9.17, 15) is 4.79 Å². The molecule has 1 amide bonds. The Morgan fingerprint density at radius 3 is 2.52 bits per heavy atom. The molecule has 6 nitrogen and oxygen atoms in total. The van der Waals surface area contributed by atoms with E-state index in [4.69, 9.17) is 4.74 Å². The zero-order chi connectivity index (χ0) is 20.5. The number of nitrogens with one attached hydrogen (secondary N) is 1. The van der Waals surface area contributed by atoms with Crippen LogP contribution in [-0.4, -0.2) is 27.8 Å². The van der Waals surface area contributed by atoms with E-state index in [2.05, 4.69) is 15.4 Å². The highest BCUT2D eigenvalue weighted by Gasteiger charge is 2.20. The van der Waals surface area contributed by atoms with Crippen molar-refractivity contribution in [1.29, 1.82) is 0 Å². The highest BCUT2D eigenvalue weighted by molar-refractivity contribution is 6.13. The number of amides is 1. The summed E-state index contributed by atoms with van der Waals surface area (Å²) in [5.41, 5.74) is 5.26. The third kappa shape index (κ3) is 3.45. The molecule has 6 heteroatoms. The van der Waals surface area contributed by atoms with Gasteiger partial charge in [0.05, 0.1) is 35.1 Å². The van der Waals surface area contributed by atoms with Crippen LogP contribution in [-0.2, 0) is 0 Å². The van der Waals surface area contributed by atoms with E-state index in [0.717, 1.165) is 28.0 Å². The normalized spacial score (nSPS) is 10.9. The molecule has 0 saturated heterocycles. The molecule has 2 aromatic heterocycles. The van der Waals surface area contributed by atoms with Crippen molar-refractivity contribution in [2.45, 2.75) is 20.8 Å². The summed E-state index contributed by atoms with van der Waals surface area (Å²) in [6.45, 7) is 5.74. The number of hydrogen-bond donors (Lipinski definition) is 1. The van der Waals surface area contributed by atoms with Gasteiger partial charge in [-0.2, -0.15) is 5.10 Å². The predicted octanol–water partition coefficient (Wildman–Crippen LogP) is 4.61. The van der Waals surface area contributed by atoms with E-state index in [0.29, 0.717) is 22.6 Å². The van der Waals surface area contributed by atoms with Gasteiger partial charge in [-0.25, -0.2) is 9.67 Å². The Morgan fingerprint density at radius 1 is 1.03 bits per heavy atom. The number of carbonyl (C=O) groups is 1. The summed E-state index contributed by atoms with van der Waals surface area (Å²) in [5, 5.41) is 8.37. The molecule has 4 rings (SSSR count). The zero-order valence-electron chi connectivity index (χ0n) is 16.9. The first-order valence-electron chi connectivity index (χ1n) is 9.36. The SMILES string of the molecule is COc1ccc(C)cc1NC(=O)c1cc(C)nc2c1c(C)nn2-c1ccccc1. The van der Waals surface area contributed by atoms with Gasteiger partial charge >= 0.3 is 0 Å². The molecule has 4 aromatic rings. The van der Waals surface area contributed by atoms with Crippen LogP contribution in [0.3, 0.4) is 0 Å². The maximum absolute atomic E-state index is 13.2. The number of anilines is 1. The number of para-hydroxylation sites is 1. The standard InChI is InChI=1S/C23H22N4O2/c1-14-10-11-20(29-4)19(12-14)25-23(28)18-13-15(2)24-22-21(18)16(3)26-27(22)17-8-6-5-7-9-17/h5-13H,1-4H3,(H,25,28). The van der Waals surface area contributed by atoms with Crippen LogP contribution in [0, 0.1) is 20.8 Å². The molecule has 0 radical (unpaired) electrons. The Labute approximate surface area is 169 Å². The molecule has 0 atom stereocenters.